The maximum atomic E-state index is 11.9. The Kier molecular flexibility index (Phi) is 6.91. The molecule has 1 fully saturated rings. The van der Waals surface area contributed by atoms with E-state index in [1.807, 2.05) is 13.8 Å². The minimum atomic E-state index is -3.40. The zero-order valence-corrected chi connectivity index (χ0v) is 13.0. The first-order valence-electron chi connectivity index (χ1n) is 7.08. The predicted octanol–water partition coefficient (Wildman–Crippen LogP) is 1.08. The van der Waals surface area contributed by atoms with E-state index in [1.54, 1.807) is 0 Å². The Labute approximate surface area is 120 Å². The summed E-state index contributed by atoms with van der Waals surface area (Å²) >= 11 is 0. The Morgan fingerprint density at radius 1 is 1.45 bits per heavy atom. The van der Waals surface area contributed by atoms with E-state index >= 15 is 0 Å². The summed E-state index contributed by atoms with van der Waals surface area (Å²) in [5.74, 6) is -1.06. The number of ether oxygens (including phenoxy) is 1. The molecular formula is C13H25NO5S. The normalized spacial score (nSPS) is 21.2. The molecule has 2 unspecified atom stereocenters. The van der Waals surface area contributed by atoms with E-state index in [-0.39, 0.29) is 18.2 Å². The van der Waals surface area contributed by atoms with Crippen molar-refractivity contribution in [3.8, 4) is 0 Å². The standard InChI is InChI=1S/C13H25NO5S/c1-10(2)7-12(13(15)16)8-14-20(17,18)6-4-11-3-5-19-9-11/h10-12,14H,3-9H2,1-2H3,(H,15,16). The highest BCUT2D eigenvalue weighted by Crippen LogP contribution is 2.17. The van der Waals surface area contributed by atoms with Crippen molar-refractivity contribution in [1.29, 1.82) is 0 Å². The summed E-state index contributed by atoms with van der Waals surface area (Å²) in [6.07, 6.45) is 1.94. The van der Waals surface area contributed by atoms with E-state index in [0.29, 0.717) is 32.0 Å². The van der Waals surface area contributed by atoms with E-state index < -0.39 is 21.9 Å². The molecule has 1 heterocycles. The number of carboxylic acids is 1. The Morgan fingerprint density at radius 3 is 2.65 bits per heavy atom. The van der Waals surface area contributed by atoms with Gasteiger partial charge in [-0.25, -0.2) is 13.1 Å². The summed E-state index contributed by atoms with van der Waals surface area (Å²) in [5, 5.41) is 9.07. The van der Waals surface area contributed by atoms with Crippen LogP contribution < -0.4 is 4.72 Å². The van der Waals surface area contributed by atoms with Crippen LogP contribution in [0.2, 0.25) is 0 Å². The van der Waals surface area contributed by atoms with Gasteiger partial charge in [-0.05, 0) is 31.1 Å². The highest BCUT2D eigenvalue weighted by molar-refractivity contribution is 7.89. The van der Waals surface area contributed by atoms with Gasteiger partial charge in [0, 0.05) is 19.8 Å². The van der Waals surface area contributed by atoms with Crippen molar-refractivity contribution in [1.82, 2.24) is 4.72 Å². The van der Waals surface area contributed by atoms with Gasteiger partial charge in [0.1, 0.15) is 0 Å². The molecule has 1 aliphatic heterocycles. The number of carboxylic acid groups (broad SMARTS) is 1. The minimum Gasteiger partial charge on any atom is -0.481 e. The molecule has 6 nitrogen and oxygen atoms in total. The van der Waals surface area contributed by atoms with Gasteiger partial charge in [-0.15, -0.1) is 0 Å². The molecule has 2 N–H and O–H groups in total. The van der Waals surface area contributed by atoms with Crippen LogP contribution in [0.25, 0.3) is 0 Å². The van der Waals surface area contributed by atoms with Crippen LogP contribution in [0, 0.1) is 17.8 Å². The van der Waals surface area contributed by atoms with Gasteiger partial charge in [0.15, 0.2) is 0 Å². The molecule has 0 radical (unpaired) electrons. The Morgan fingerprint density at radius 2 is 2.15 bits per heavy atom. The quantitative estimate of drug-likeness (QED) is 0.665. The zero-order chi connectivity index (χ0) is 15.2. The molecule has 0 aromatic carbocycles. The lowest BCUT2D eigenvalue weighted by Gasteiger charge is -2.16. The fraction of sp³-hybridized carbons (Fsp3) is 0.923. The molecule has 0 aliphatic carbocycles. The highest BCUT2D eigenvalue weighted by Gasteiger charge is 2.23. The average molecular weight is 307 g/mol. The van der Waals surface area contributed by atoms with Gasteiger partial charge in [-0.2, -0.15) is 0 Å². The summed E-state index contributed by atoms with van der Waals surface area (Å²) in [4.78, 5) is 11.1. The van der Waals surface area contributed by atoms with Crippen LogP contribution in [-0.2, 0) is 19.6 Å². The van der Waals surface area contributed by atoms with Crippen LogP contribution in [0.4, 0.5) is 0 Å². The zero-order valence-electron chi connectivity index (χ0n) is 12.2. The molecule has 1 rings (SSSR count). The van der Waals surface area contributed by atoms with Crippen LogP contribution in [0.5, 0.6) is 0 Å². The van der Waals surface area contributed by atoms with Gasteiger partial charge in [-0.3, -0.25) is 4.79 Å². The first kappa shape index (κ1) is 17.4. The van der Waals surface area contributed by atoms with Crippen LogP contribution in [0.1, 0.15) is 33.1 Å². The lowest BCUT2D eigenvalue weighted by atomic mass is 9.98. The van der Waals surface area contributed by atoms with E-state index in [2.05, 4.69) is 4.72 Å². The minimum absolute atomic E-state index is 0.0307. The van der Waals surface area contributed by atoms with Crippen molar-refractivity contribution in [3.63, 3.8) is 0 Å². The van der Waals surface area contributed by atoms with Crippen molar-refractivity contribution in [2.75, 3.05) is 25.5 Å². The lowest BCUT2D eigenvalue weighted by molar-refractivity contribution is -0.142. The second kappa shape index (κ2) is 7.95. The number of aliphatic carboxylic acids is 1. The lowest BCUT2D eigenvalue weighted by Crippen LogP contribution is -2.35. The van der Waals surface area contributed by atoms with Gasteiger partial charge >= 0.3 is 5.97 Å². The van der Waals surface area contributed by atoms with E-state index in [1.165, 1.54) is 0 Å². The van der Waals surface area contributed by atoms with Crippen LogP contribution in [0.15, 0.2) is 0 Å². The molecule has 2 atom stereocenters. The van der Waals surface area contributed by atoms with Gasteiger partial charge in [0.05, 0.1) is 11.7 Å². The van der Waals surface area contributed by atoms with Gasteiger partial charge < -0.3 is 9.84 Å². The molecule has 1 aliphatic rings. The van der Waals surface area contributed by atoms with Crippen molar-refractivity contribution in [2.24, 2.45) is 17.8 Å². The van der Waals surface area contributed by atoms with Crippen LogP contribution >= 0.6 is 0 Å². The molecule has 0 aromatic rings. The summed E-state index contributed by atoms with van der Waals surface area (Å²) < 4.78 is 31.3. The maximum Gasteiger partial charge on any atom is 0.307 e. The number of hydrogen-bond donors (Lipinski definition) is 2. The second-order valence-electron chi connectivity index (χ2n) is 5.85. The molecule has 0 saturated carbocycles. The van der Waals surface area contributed by atoms with Crippen molar-refractivity contribution < 1.29 is 23.1 Å². The van der Waals surface area contributed by atoms with Crippen LogP contribution in [0.3, 0.4) is 0 Å². The molecule has 20 heavy (non-hydrogen) atoms. The molecular weight excluding hydrogens is 282 g/mol. The fourth-order valence-electron chi connectivity index (χ4n) is 2.27. The Hall–Kier alpha value is -0.660. The van der Waals surface area contributed by atoms with Gasteiger partial charge in [-0.1, -0.05) is 13.8 Å². The predicted molar refractivity (Wildman–Crippen MR) is 75.9 cm³/mol. The largest absolute Gasteiger partial charge is 0.481 e. The summed E-state index contributed by atoms with van der Waals surface area (Å²) in [6.45, 7) is 5.14. The first-order chi connectivity index (χ1) is 9.30. The van der Waals surface area contributed by atoms with Crippen LogP contribution in [-0.4, -0.2) is 45.0 Å². The highest BCUT2D eigenvalue weighted by atomic mass is 32.2. The van der Waals surface area contributed by atoms with Crippen molar-refractivity contribution in [3.05, 3.63) is 0 Å². The van der Waals surface area contributed by atoms with Gasteiger partial charge in [0.2, 0.25) is 10.0 Å². The molecule has 0 aromatic heterocycles. The topological polar surface area (TPSA) is 92.7 Å². The van der Waals surface area contributed by atoms with E-state index in [0.717, 1.165) is 6.42 Å². The molecule has 0 bridgehead atoms. The summed E-state index contributed by atoms with van der Waals surface area (Å²) in [7, 11) is -3.40. The smallest absolute Gasteiger partial charge is 0.307 e. The third-order valence-electron chi connectivity index (χ3n) is 3.47. The number of rotatable bonds is 9. The van der Waals surface area contributed by atoms with Gasteiger partial charge in [0.25, 0.3) is 0 Å². The Bertz CT molecular complexity index is 401. The maximum absolute atomic E-state index is 11.9. The van der Waals surface area contributed by atoms with Crippen molar-refractivity contribution in [2.45, 2.75) is 33.1 Å². The molecule has 1 saturated heterocycles. The number of nitrogens with one attached hydrogen (secondary N) is 1. The first-order valence-corrected chi connectivity index (χ1v) is 8.73. The molecule has 0 amide bonds. The Balaban J connectivity index is 2.37. The summed E-state index contributed by atoms with van der Waals surface area (Å²) in [6, 6.07) is 0. The molecule has 118 valence electrons. The van der Waals surface area contributed by atoms with E-state index in [4.69, 9.17) is 9.84 Å². The number of carbonyl (C=O) groups is 1. The summed E-state index contributed by atoms with van der Waals surface area (Å²) in [5.41, 5.74) is 0. The van der Waals surface area contributed by atoms with E-state index in [9.17, 15) is 13.2 Å². The third kappa shape index (κ3) is 6.67. The van der Waals surface area contributed by atoms with Crippen molar-refractivity contribution >= 4 is 16.0 Å². The fourth-order valence-corrected chi connectivity index (χ4v) is 3.52. The average Bonchev–Trinajstić information content (AvgIpc) is 2.84. The second-order valence-corrected chi connectivity index (χ2v) is 7.78. The monoisotopic (exact) mass is 307 g/mol. The SMILES string of the molecule is CC(C)CC(CNS(=O)(=O)CCC1CCOC1)C(=O)O. The number of hydrogen-bond acceptors (Lipinski definition) is 4. The third-order valence-corrected chi connectivity index (χ3v) is 4.85. The number of sulfonamides is 1. The molecule has 0 spiro atoms. The molecule has 7 heteroatoms.